The third kappa shape index (κ3) is 2.21. The SMILES string of the molecule is CC(CCl)S(=O)(=O)c1nccn(C)c1=O. The predicted molar refractivity (Wildman–Crippen MR) is 56.8 cm³/mol. The van der Waals surface area contributed by atoms with Crippen LogP contribution in [0.2, 0.25) is 0 Å². The lowest BCUT2D eigenvalue weighted by Gasteiger charge is -2.08. The van der Waals surface area contributed by atoms with Gasteiger partial charge in [0.2, 0.25) is 14.9 Å². The molecule has 0 fully saturated rings. The molecule has 84 valence electrons. The highest BCUT2D eigenvalue weighted by molar-refractivity contribution is 7.92. The summed E-state index contributed by atoms with van der Waals surface area (Å²) in [6, 6.07) is 0. The molecule has 1 aromatic heterocycles. The second-order valence-electron chi connectivity index (χ2n) is 3.16. The lowest BCUT2D eigenvalue weighted by molar-refractivity contribution is 0.579. The van der Waals surface area contributed by atoms with E-state index in [4.69, 9.17) is 11.6 Å². The fourth-order valence-corrected chi connectivity index (χ4v) is 2.58. The van der Waals surface area contributed by atoms with Crippen molar-refractivity contribution in [2.45, 2.75) is 17.2 Å². The Morgan fingerprint density at radius 1 is 1.60 bits per heavy atom. The van der Waals surface area contributed by atoms with Gasteiger partial charge in [-0.1, -0.05) is 0 Å². The van der Waals surface area contributed by atoms with Crippen molar-refractivity contribution in [3.8, 4) is 0 Å². The zero-order valence-electron chi connectivity index (χ0n) is 8.34. The second-order valence-corrected chi connectivity index (χ2v) is 5.75. The molecule has 0 aliphatic rings. The van der Waals surface area contributed by atoms with Crippen LogP contribution >= 0.6 is 11.6 Å². The maximum Gasteiger partial charge on any atom is 0.288 e. The first-order valence-corrected chi connectivity index (χ1v) is 6.31. The van der Waals surface area contributed by atoms with Crippen LogP contribution in [-0.4, -0.2) is 29.1 Å². The van der Waals surface area contributed by atoms with Gasteiger partial charge in [0.15, 0.2) is 0 Å². The highest BCUT2D eigenvalue weighted by atomic mass is 35.5. The topological polar surface area (TPSA) is 69.0 Å². The number of aromatic nitrogens is 2. The van der Waals surface area contributed by atoms with E-state index in [0.717, 1.165) is 0 Å². The molecule has 1 atom stereocenters. The van der Waals surface area contributed by atoms with Gasteiger partial charge < -0.3 is 4.57 Å². The molecule has 0 radical (unpaired) electrons. The van der Waals surface area contributed by atoms with Crippen molar-refractivity contribution < 1.29 is 8.42 Å². The monoisotopic (exact) mass is 250 g/mol. The molecule has 0 amide bonds. The second kappa shape index (κ2) is 4.32. The van der Waals surface area contributed by atoms with E-state index >= 15 is 0 Å². The quantitative estimate of drug-likeness (QED) is 0.718. The van der Waals surface area contributed by atoms with Gasteiger partial charge in [0.1, 0.15) is 0 Å². The summed E-state index contributed by atoms with van der Waals surface area (Å²) >= 11 is 5.46. The average Bonchev–Trinajstić information content (AvgIpc) is 2.20. The molecule has 1 unspecified atom stereocenters. The molecule has 0 aromatic carbocycles. The Balaban J connectivity index is 3.41. The van der Waals surface area contributed by atoms with Gasteiger partial charge >= 0.3 is 0 Å². The summed E-state index contributed by atoms with van der Waals surface area (Å²) in [5.41, 5.74) is -0.630. The summed E-state index contributed by atoms with van der Waals surface area (Å²) in [5.74, 6) is -0.0674. The Labute approximate surface area is 92.6 Å². The first kappa shape index (κ1) is 12.2. The zero-order chi connectivity index (χ0) is 11.6. The van der Waals surface area contributed by atoms with E-state index in [2.05, 4.69) is 4.98 Å². The normalized spacial score (nSPS) is 13.8. The summed E-state index contributed by atoms with van der Waals surface area (Å²) in [7, 11) is -2.25. The summed E-state index contributed by atoms with van der Waals surface area (Å²) < 4.78 is 24.7. The number of hydrogen-bond acceptors (Lipinski definition) is 4. The largest absolute Gasteiger partial charge is 0.315 e. The van der Waals surface area contributed by atoms with Crippen LogP contribution in [0.3, 0.4) is 0 Å². The van der Waals surface area contributed by atoms with Crippen molar-refractivity contribution >= 4 is 21.4 Å². The molecule has 15 heavy (non-hydrogen) atoms. The van der Waals surface area contributed by atoms with Gasteiger partial charge in [-0.3, -0.25) is 4.79 Å². The maximum absolute atomic E-state index is 11.8. The van der Waals surface area contributed by atoms with Crippen molar-refractivity contribution in [3.05, 3.63) is 22.7 Å². The number of nitrogens with zero attached hydrogens (tertiary/aromatic N) is 2. The molecule has 0 saturated carbocycles. The van der Waals surface area contributed by atoms with Gasteiger partial charge in [0.05, 0.1) is 5.25 Å². The Kier molecular flexibility index (Phi) is 3.51. The van der Waals surface area contributed by atoms with Gasteiger partial charge in [-0.05, 0) is 6.92 Å². The molecule has 0 spiro atoms. The van der Waals surface area contributed by atoms with Crippen LogP contribution in [0.25, 0.3) is 0 Å². The number of halogens is 1. The Morgan fingerprint density at radius 2 is 2.20 bits per heavy atom. The van der Waals surface area contributed by atoms with Crippen LogP contribution in [0.1, 0.15) is 6.92 Å². The minimum atomic E-state index is -3.72. The van der Waals surface area contributed by atoms with Gasteiger partial charge in [-0.25, -0.2) is 13.4 Å². The number of rotatable bonds is 3. The molecule has 5 nitrogen and oxygen atoms in total. The molecule has 0 aliphatic heterocycles. The Bertz CT molecular complexity index is 509. The van der Waals surface area contributed by atoms with Crippen molar-refractivity contribution in [2.75, 3.05) is 5.88 Å². The number of hydrogen-bond donors (Lipinski definition) is 0. The summed E-state index contributed by atoms with van der Waals surface area (Å²) in [4.78, 5) is 15.1. The lowest BCUT2D eigenvalue weighted by atomic mass is 10.6. The first-order valence-electron chi connectivity index (χ1n) is 4.22. The van der Waals surface area contributed by atoms with E-state index in [1.807, 2.05) is 0 Å². The number of alkyl halides is 1. The third-order valence-electron chi connectivity index (χ3n) is 2.00. The van der Waals surface area contributed by atoms with E-state index in [1.54, 1.807) is 0 Å². The first-order chi connectivity index (χ1) is 6.91. The molecule has 1 heterocycles. The average molecular weight is 251 g/mol. The molecular formula is C8H11ClN2O3S. The minimum absolute atomic E-state index is 0.0674. The predicted octanol–water partition coefficient (Wildman–Crippen LogP) is 0.181. The summed E-state index contributed by atoms with van der Waals surface area (Å²) in [5, 5.41) is -1.26. The van der Waals surface area contributed by atoms with Crippen molar-refractivity contribution in [1.82, 2.24) is 9.55 Å². The molecule has 7 heteroatoms. The minimum Gasteiger partial charge on any atom is -0.315 e. The van der Waals surface area contributed by atoms with Crippen LogP contribution in [0, 0.1) is 0 Å². The number of aryl methyl sites for hydroxylation is 1. The van der Waals surface area contributed by atoms with Crippen LogP contribution in [0.5, 0.6) is 0 Å². The van der Waals surface area contributed by atoms with Crippen LogP contribution in [0.15, 0.2) is 22.2 Å². The Morgan fingerprint density at radius 3 is 2.73 bits per heavy atom. The fourth-order valence-electron chi connectivity index (χ4n) is 0.943. The van der Waals surface area contributed by atoms with E-state index in [9.17, 15) is 13.2 Å². The molecule has 0 aliphatic carbocycles. The van der Waals surface area contributed by atoms with Crippen LogP contribution in [0.4, 0.5) is 0 Å². The van der Waals surface area contributed by atoms with E-state index in [0.29, 0.717) is 0 Å². The zero-order valence-corrected chi connectivity index (χ0v) is 9.92. The van der Waals surface area contributed by atoms with Gasteiger partial charge in [0.25, 0.3) is 5.56 Å². The van der Waals surface area contributed by atoms with Gasteiger partial charge in [-0.2, -0.15) is 0 Å². The van der Waals surface area contributed by atoms with E-state index in [1.165, 1.54) is 30.9 Å². The highest BCUT2D eigenvalue weighted by Gasteiger charge is 2.27. The van der Waals surface area contributed by atoms with E-state index < -0.39 is 25.7 Å². The number of sulfone groups is 1. The Hall–Kier alpha value is -0.880. The summed E-state index contributed by atoms with van der Waals surface area (Å²) in [6.45, 7) is 1.44. The van der Waals surface area contributed by atoms with Crippen LogP contribution < -0.4 is 5.56 Å². The fraction of sp³-hybridized carbons (Fsp3) is 0.500. The lowest BCUT2D eigenvalue weighted by Crippen LogP contribution is -2.30. The molecule has 1 aromatic rings. The van der Waals surface area contributed by atoms with Crippen molar-refractivity contribution in [3.63, 3.8) is 0 Å². The van der Waals surface area contributed by atoms with Gasteiger partial charge in [0, 0.05) is 25.3 Å². The molecular weight excluding hydrogens is 240 g/mol. The molecule has 1 rings (SSSR count). The van der Waals surface area contributed by atoms with Crippen LogP contribution in [-0.2, 0) is 16.9 Å². The smallest absolute Gasteiger partial charge is 0.288 e. The molecule has 0 saturated heterocycles. The molecule has 0 bridgehead atoms. The molecule has 0 N–H and O–H groups in total. The summed E-state index contributed by atoms with van der Waals surface area (Å²) in [6.07, 6.45) is 2.67. The van der Waals surface area contributed by atoms with E-state index in [-0.39, 0.29) is 5.88 Å². The van der Waals surface area contributed by atoms with Gasteiger partial charge in [-0.15, -0.1) is 11.6 Å². The standard InChI is InChI=1S/C8H11ClN2O3S/c1-6(5-9)15(13,14)7-8(12)11(2)4-3-10-7/h3-4,6H,5H2,1-2H3. The van der Waals surface area contributed by atoms with Crippen molar-refractivity contribution in [2.24, 2.45) is 7.05 Å². The van der Waals surface area contributed by atoms with Crippen molar-refractivity contribution in [1.29, 1.82) is 0 Å². The highest BCUT2D eigenvalue weighted by Crippen LogP contribution is 2.10. The third-order valence-corrected chi connectivity index (χ3v) is 4.69. The maximum atomic E-state index is 11.8.